The van der Waals surface area contributed by atoms with E-state index < -0.39 is 0 Å². The van der Waals surface area contributed by atoms with E-state index >= 15 is 0 Å². The van der Waals surface area contributed by atoms with E-state index in [1.165, 1.54) is 5.56 Å². The van der Waals surface area contributed by atoms with Gasteiger partial charge in [-0.1, -0.05) is 30.3 Å². The highest BCUT2D eigenvalue weighted by Crippen LogP contribution is 2.25. The van der Waals surface area contributed by atoms with Gasteiger partial charge in [0.25, 0.3) is 0 Å². The number of ether oxygens (including phenoxy) is 1. The highest BCUT2D eigenvalue weighted by molar-refractivity contribution is 5.15. The first kappa shape index (κ1) is 12.6. The molecule has 4 unspecified atom stereocenters. The van der Waals surface area contributed by atoms with Crippen LogP contribution in [0.25, 0.3) is 0 Å². The zero-order chi connectivity index (χ0) is 12.4. The van der Waals surface area contributed by atoms with Gasteiger partial charge in [0, 0.05) is 18.6 Å². The molecular weight excluding hydrogens is 210 g/mol. The second kappa shape index (κ2) is 5.19. The predicted octanol–water partition coefficient (Wildman–Crippen LogP) is 3.07. The molecule has 1 saturated heterocycles. The smallest absolute Gasteiger partial charge is 0.0704 e. The molecule has 1 heterocycles. The molecule has 1 aliphatic rings. The molecule has 0 aliphatic carbocycles. The summed E-state index contributed by atoms with van der Waals surface area (Å²) in [5.74, 6) is 0. The van der Waals surface area contributed by atoms with Crippen molar-refractivity contribution in [1.82, 2.24) is 4.90 Å². The van der Waals surface area contributed by atoms with Gasteiger partial charge in [0.1, 0.15) is 0 Å². The second-order valence-corrected chi connectivity index (χ2v) is 5.19. The van der Waals surface area contributed by atoms with Crippen LogP contribution in [-0.4, -0.2) is 29.2 Å². The largest absolute Gasteiger partial charge is 0.372 e. The Balaban J connectivity index is 2.12. The van der Waals surface area contributed by atoms with Crippen LogP contribution in [-0.2, 0) is 11.3 Å². The van der Waals surface area contributed by atoms with Crippen molar-refractivity contribution in [2.24, 2.45) is 0 Å². The summed E-state index contributed by atoms with van der Waals surface area (Å²) in [5, 5.41) is 0. The molecule has 0 spiro atoms. The molecule has 0 amide bonds. The van der Waals surface area contributed by atoms with E-state index in [-0.39, 0.29) is 0 Å². The Kier molecular flexibility index (Phi) is 3.85. The minimum Gasteiger partial charge on any atom is -0.372 e. The van der Waals surface area contributed by atoms with E-state index in [2.05, 4.69) is 62.9 Å². The molecule has 2 nitrogen and oxygen atoms in total. The van der Waals surface area contributed by atoms with Crippen molar-refractivity contribution < 1.29 is 4.74 Å². The third-order valence-electron chi connectivity index (χ3n) is 4.04. The minimum atomic E-state index is 0.310. The fourth-order valence-electron chi connectivity index (χ4n) is 2.56. The zero-order valence-corrected chi connectivity index (χ0v) is 11.3. The summed E-state index contributed by atoms with van der Waals surface area (Å²) in [5.41, 5.74) is 1.38. The first-order valence-electron chi connectivity index (χ1n) is 6.54. The molecule has 2 heteroatoms. The van der Waals surface area contributed by atoms with Gasteiger partial charge in [-0.05, 0) is 33.3 Å². The highest BCUT2D eigenvalue weighted by Gasteiger charge is 2.34. The SMILES string of the molecule is CC1OC(C)C(C)N(Cc2ccccc2)C1C. The van der Waals surface area contributed by atoms with E-state index in [1.54, 1.807) is 0 Å². The molecular formula is C15H23NO. The predicted molar refractivity (Wildman–Crippen MR) is 70.9 cm³/mol. The number of morpholine rings is 1. The lowest BCUT2D eigenvalue weighted by Gasteiger charge is -2.46. The average Bonchev–Trinajstić information content (AvgIpc) is 2.33. The number of hydrogen-bond acceptors (Lipinski definition) is 2. The summed E-state index contributed by atoms with van der Waals surface area (Å²) in [6, 6.07) is 11.6. The van der Waals surface area contributed by atoms with E-state index in [1.807, 2.05) is 0 Å². The van der Waals surface area contributed by atoms with Crippen molar-refractivity contribution in [3.8, 4) is 0 Å². The van der Waals surface area contributed by atoms with Crippen molar-refractivity contribution in [2.45, 2.75) is 58.5 Å². The molecule has 0 aromatic heterocycles. The van der Waals surface area contributed by atoms with Crippen molar-refractivity contribution in [3.63, 3.8) is 0 Å². The summed E-state index contributed by atoms with van der Waals surface area (Å²) < 4.78 is 5.94. The van der Waals surface area contributed by atoms with Crippen LogP contribution in [0.2, 0.25) is 0 Å². The number of benzene rings is 1. The first-order valence-corrected chi connectivity index (χ1v) is 6.54. The Morgan fingerprint density at radius 3 is 2.00 bits per heavy atom. The summed E-state index contributed by atoms with van der Waals surface area (Å²) >= 11 is 0. The third-order valence-corrected chi connectivity index (χ3v) is 4.04. The molecule has 2 rings (SSSR count). The number of hydrogen-bond donors (Lipinski definition) is 0. The Morgan fingerprint density at radius 2 is 1.47 bits per heavy atom. The molecule has 1 aliphatic heterocycles. The standard InChI is InChI=1S/C15H23NO/c1-11-13(3)17-14(4)12(2)16(11)10-15-8-6-5-7-9-15/h5-9,11-14H,10H2,1-4H3. The number of nitrogens with zero attached hydrogens (tertiary/aromatic N) is 1. The van der Waals surface area contributed by atoms with Gasteiger partial charge in [-0.15, -0.1) is 0 Å². The molecule has 4 atom stereocenters. The Hall–Kier alpha value is -0.860. The van der Waals surface area contributed by atoms with E-state index in [4.69, 9.17) is 4.74 Å². The lowest BCUT2D eigenvalue weighted by atomic mass is 10.0. The molecule has 0 bridgehead atoms. The molecule has 1 aromatic rings. The number of rotatable bonds is 2. The topological polar surface area (TPSA) is 12.5 Å². The first-order chi connectivity index (χ1) is 8.09. The minimum absolute atomic E-state index is 0.310. The molecule has 0 N–H and O–H groups in total. The van der Waals surface area contributed by atoms with Gasteiger partial charge in [0.05, 0.1) is 12.2 Å². The summed E-state index contributed by atoms with van der Waals surface area (Å²) in [6.45, 7) is 9.88. The molecule has 1 fully saturated rings. The van der Waals surface area contributed by atoms with E-state index in [0.717, 1.165) is 6.54 Å². The van der Waals surface area contributed by atoms with Crippen LogP contribution in [0.4, 0.5) is 0 Å². The molecule has 1 aromatic carbocycles. The lowest BCUT2D eigenvalue weighted by molar-refractivity contribution is -0.132. The van der Waals surface area contributed by atoms with Crippen LogP contribution in [0, 0.1) is 0 Å². The monoisotopic (exact) mass is 233 g/mol. The van der Waals surface area contributed by atoms with Crippen LogP contribution >= 0.6 is 0 Å². The van der Waals surface area contributed by atoms with Crippen LogP contribution in [0.5, 0.6) is 0 Å². The van der Waals surface area contributed by atoms with Gasteiger partial charge < -0.3 is 4.74 Å². The van der Waals surface area contributed by atoms with Crippen molar-refractivity contribution in [2.75, 3.05) is 0 Å². The fraction of sp³-hybridized carbons (Fsp3) is 0.600. The van der Waals surface area contributed by atoms with E-state index in [0.29, 0.717) is 24.3 Å². The van der Waals surface area contributed by atoms with Crippen molar-refractivity contribution in [3.05, 3.63) is 35.9 Å². The van der Waals surface area contributed by atoms with Crippen LogP contribution < -0.4 is 0 Å². The maximum Gasteiger partial charge on any atom is 0.0704 e. The Labute approximate surface area is 105 Å². The molecule has 17 heavy (non-hydrogen) atoms. The summed E-state index contributed by atoms with van der Waals surface area (Å²) in [6.07, 6.45) is 0.620. The summed E-state index contributed by atoms with van der Waals surface area (Å²) in [7, 11) is 0. The second-order valence-electron chi connectivity index (χ2n) is 5.19. The third kappa shape index (κ3) is 2.70. The Morgan fingerprint density at radius 1 is 0.941 bits per heavy atom. The van der Waals surface area contributed by atoms with Gasteiger partial charge >= 0.3 is 0 Å². The van der Waals surface area contributed by atoms with Gasteiger partial charge in [-0.2, -0.15) is 0 Å². The van der Waals surface area contributed by atoms with Gasteiger partial charge in [0.2, 0.25) is 0 Å². The normalized spacial score (nSPS) is 34.8. The van der Waals surface area contributed by atoms with Gasteiger partial charge in [-0.3, -0.25) is 4.90 Å². The van der Waals surface area contributed by atoms with Crippen LogP contribution in [0.1, 0.15) is 33.3 Å². The molecule has 0 radical (unpaired) electrons. The highest BCUT2D eigenvalue weighted by atomic mass is 16.5. The Bertz CT molecular complexity index is 337. The summed E-state index contributed by atoms with van der Waals surface area (Å²) in [4.78, 5) is 2.55. The maximum atomic E-state index is 5.94. The van der Waals surface area contributed by atoms with Gasteiger partial charge in [-0.25, -0.2) is 0 Å². The maximum absolute atomic E-state index is 5.94. The quantitative estimate of drug-likeness (QED) is 0.778. The molecule has 94 valence electrons. The van der Waals surface area contributed by atoms with Crippen LogP contribution in [0.3, 0.4) is 0 Å². The van der Waals surface area contributed by atoms with Gasteiger partial charge in [0.15, 0.2) is 0 Å². The lowest BCUT2D eigenvalue weighted by Crippen LogP contribution is -2.56. The molecule has 0 saturated carbocycles. The zero-order valence-electron chi connectivity index (χ0n) is 11.3. The van der Waals surface area contributed by atoms with Crippen molar-refractivity contribution >= 4 is 0 Å². The van der Waals surface area contributed by atoms with Crippen LogP contribution in [0.15, 0.2) is 30.3 Å². The average molecular weight is 233 g/mol. The van der Waals surface area contributed by atoms with E-state index in [9.17, 15) is 0 Å². The van der Waals surface area contributed by atoms with Crippen molar-refractivity contribution in [1.29, 1.82) is 0 Å². The fourth-order valence-corrected chi connectivity index (χ4v) is 2.56.